The van der Waals surface area contributed by atoms with E-state index in [0.29, 0.717) is 0 Å². The summed E-state index contributed by atoms with van der Waals surface area (Å²) in [6, 6.07) is 5.77. The molecule has 0 aliphatic rings. The van der Waals surface area contributed by atoms with Gasteiger partial charge in [-0.05, 0) is 38.4 Å². The van der Waals surface area contributed by atoms with E-state index < -0.39 is 0 Å². The minimum Gasteiger partial charge on any atom is -0.308 e. The van der Waals surface area contributed by atoms with Crippen LogP contribution in [0.1, 0.15) is 35.3 Å². The minimum absolute atomic E-state index is 0.101. The molecule has 0 fully saturated rings. The zero-order valence-corrected chi connectivity index (χ0v) is 9.92. The molecule has 0 spiro atoms. The predicted molar refractivity (Wildman–Crippen MR) is 63.4 cm³/mol. The van der Waals surface area contributed by atoms with Gasteiger partial charge in [0.1, 0.15) is 0 Å². The average molecular weight is 205 g/mol. The first-order valence-corrected chi connectivity index (χ1v) is 5.41. The van der Waals surface area contributed by atoms with Gasteiger partial charge in [-0.3, -0.25) is 4.79 Å². The zero-order valence-electron chi connectivity index (χ0n) is 9.92. The maximum Gasteiger partial charge on any atom is 0.179 e. The van der Waals surface area contributed by atoms with Crippen LogP contribution in [0.3, 0.4) is 0 Å². The molecule has 0 amide bonds. The molecule has 15 heavy (non-hydrogen) atoms. The quantitative estimate of drug-likeness (QED) is 0.765. The molecule has 1 unspecified atom stereocenters. The molecule has 2 heteroatoms. The van der Waals surface area contributed by atoms with Crippen LogP contribution in [-0.2, 0) is 0 Å². The fourth-order valence-corrected chi connectivity index (χ4v) is 1.65. The summed E-state index contributed by atoms with van der Waals surface area (Å²) in [6.07, 6.45) is 0. The van der Waals surface area contributed by atoms with Crippen molar-refractivity contribution in [2.24, 2.45) is 0 Å². The van der Waals surface area contributed by atoms with Gasteiger partial charge in [0, 0.05) is 5.56 Å². The number of benzene rings is 1. The maximum absolute atomic E-state index is 12.0. The lowest BCUT2D eigenvalue weighted by atomic mass is 9.97. The van der Waals surface area contributed by atoms with Crippen molar-refractivity contribution < 1.29 is 4.79 Å². The first kappa shape index (κ1) is 11.9. The van der Waals surface area contributed by atoms with Crippen molar-refractivity contribution in [3.63, 3.8) is 0 Å². The molecule has 1 aromatic rings. The fraction of sp³-hybridized carbons (Fsp3) is 0.462. The first-order valence-electron chi connectivity index (χ1n) is 5.41. The number of nitrogens with one attached hydrogen (secondary N) is 1. The first-order chi connectivity index (χ1) is 7.07. The van der Waals surface area contributed by atoms with E-state index in [9.17, 15) is 4.79 Å². The highest BCUT2D eigenvalue weighted by molar-refractivity contribution is 6.01. The number of carbonyl (C=O) groups is 1. The number of likely N-dealkylation sites (N-methyl/N-ethyl adjacent to an activating group) is 1. The van der Waals surface area contributed by atoms with Gasteiger partial charge < -0.3 is 5.32 Å². The molecular weight excluding hydrogens is 186 g/mol. The lowest BCUT2D eigenvalue weighted by molar-refractivity contribution is 0.0951. The second kappa shape index (κ2) is 5.08. The molecular formula is C13H19NO. The van der Waals surface area contributed by atoms with Gasteiger partial charge in [0.25, 0.3) is 0 Å². The van der Waals surface area contributed by atoms with Crippen LogP contribution in [0.25, 0.3) is 0 Å². The van der Waals surface area contributed by atoms with Crippen LogP contribution in [-0.4, -0.2) is 18.4 Å². The van der Waals surface area contributed by atoms with Crippen molar-refractivity contribution in [3.8, 4) is 0 Å². The molecule has 1 N–H and O–H groups in total. The number of ketones is 1. The van der Waals surface area contributed by atoms with E-state index in [-0.39, 0.29) is 11.8 Å². The maximum atomic E-state index is 12.0. The summed E-state index contributed by atoms with van der Waals surface area (Å²) in [6.45, 7) is 8.77. The number of carbonyl (C=O) groups excluding carboxylic acids is 1. The van der Waals surface area contributed by atoms with Crippen molar-refractivity contribution in [2.75, 3.05) is 6.54 Å². The standard InChI is InChI=1S/C13H19NO/c1-5-14-11(4)13(15)12-8-6-7-9(2)10(12)3/h6-8,11,14H,5H2,1-4H3. The summed E-state index contributed by atoms with van der Waals surface area (Å²) in [7, 11) is 0. The van der Waals surface area contributed by atoms with E-state index in [1.165, 1.54) is 5.56 Å². The second-order valence-corrected chi connectivity index (χ2v) is 3.89. The van der Waals surface area contributed by atoms with E-state index in [4.69, 9.17) is 0 Å². The Morgan fingerprint density at radius 1 is 1.40 bits per heavy atom. The van der Waals surface area contributed by atoms with Gasteiger partial charge >= 0.3 is 0 Å². The molecule has 0 aromatic heterocycles. The number of hydrogen-bond acceptors (Lipinski definition) is 2. The Morgan fingerprint density at radius 3 is 2.67 bits per heavy atom. The summed E-state index contributed by atoms with van der Waals surface area (Å²) < 4.78 is 0. The Morgan fingerprint density at radius 2 is 2.07 bits per heavy atom. The highest BCUT2D eigenvalue weighted by atomic mass is 16.1. The topological polar surface area (TPSA) is 29.1 Å². The third kappa shape index (κ3) is 2.66. The van der Waals surface area contributed by atoms with Gasteiger partial charge in [0.2, 0.25) is 0 Å². The molecule has 0 bridgehead atoms. The number of aryl methyl sites for hydroxylation is 1. The molecule has 82 valence electrons. The summed E-state index contributed by atoms with van der Waals surface area (Å²) in [4.78, 5) is 12.0. The molecule has 0 radical (unpaired) electrons. The van der Waals surface area contributed by atoms with Crippen LogP contribution in [0.2, 0.25) is 0 Å². The number of hydrogen-bond donors (Lipinski definition) is 1. The summed E-state index contributed by atoms with van der Waals surface area (Å²) in [5.41, 5.74) is 3.10. The molecule has 1 aromatic carbocycles. The van der Waals surface area contributed by atoms with Crippen LogP contribution < -0.4 is 5.32 Å². The summed E-state index contributed by atoms with van der Waals surface area (Å²) in [5, 5.41) is 3.14. The Labute approximate surface area is 91.7 Å². The minimum atomic E-state index is -0.101. The van der Waals surface area contributed by atoms with Gasteiger partial charge in [-0.1, -0.05) is 25.1 Å². The molecule has 0 aliphatic heterocycles. The van der Waals surface area contributed by atoms with Crippen molar-refractivity contribution in [2.45, 2.75) is 33.7 Å². The highest BCUT2D eigenvalue weighted by Gasteiger charge is 2.16. The van der Waals surface area contributed by atoms with Crippen LogP contribution in [0.5, 0.6) is 0 Å². The van der Waals surface area contributed by atoms with E-state index in [2.05, 4.69) is 5.32 Å². The average Bonchev–Trinajstić information content (AvgIpc) is 2.21. The zero-order chi connectivity index (χ0) is 11.4. The third-order valence-corrected chi connectivity index (χ3v) is 2.77. The second-order valence-electron chi connectivity index (χ2n) is 3.89. The van der Waals surface area contributed by atoms with Crippen molar-refractivity contribution >= 4 is 5.78 Å². The molecule has 0 heterocycles. The van der Waals surface area contributed by atoms with Gasteiger partial charge in [-0.15, -0.1) is 0 Å². The van der Waals surface area contributed by atoms with Crippen LogP contribution >= 0.6 is 0 Å². The van der Waals surface area contributed by atoms with Crippen LogP contribution in [0.15, 0.2) is 18.2 Å². The lowest BCUT2D eigenvalue weighted by Crippen LogP contribution is -2.34. The van der Waals surface area contributed by atoms with Gasteiger partial charge in [0.05, 0.1) is 6.04 Å². The molecule has 2 nitrogen and oxygen atoms in total. The number of Topliss-reactive ketones (excluding diaryl/α,β-unsaturated/α-hetero) is 1. The molecule has 1 rings (SSSR count). The smallest absolute Gasteiger partial charge is 0.179 e. The Kier molecular flexibility index (Phi) is 4.04. The van der Waals surface area contributed by atoms with E-state index >= 15 is 0 Å². The monoisotopic (exact) mass is 205 g/mol. The van der Waals surface area contributed by atoms with Crippen LogP contribution in [0, 0.1) is 13.8 Å². The van der Waals surface area contributed by atoms with E-state index in [1.807, 2.05) is 45.9 Å². The third-order valence-electron chi connectivity index (χ3n) is 2.77. The van der Waals surface area contributed by atoms with Gasteiger partial charge in [-0.2, -0.15) is 0 Å². The molecule has 0 aliphatic carbocycles. The predicted octanol–water partition coefficient (Wildman–Crippen LogP) is 2.48. The summed E-state index contributed by atoms with van der Waals surface area (Å²) in [5.74, 6) is 0.179. The summed E-state index contributed by atoms with van der Waals surface area (Å²) >= 11 is 0. The lowest BCUT2D eigenvalue weighted by Gasteiger charge is -2.13. The van der Waals surface area contributed by atoms with Gasteiger partial charge in [-0.25, -0.2) is 0 Å². The largest absolute Gasteiger partial charge is 0.308 e. The number of rotatable bonds is 4. The SMILES string of the molecule is CCNC(C)C(=O)c1cccc(C)c1C. The Bertz CT molecular complexity index is 358. The van der Waals surface area contributed by atoms with Crippen molar-refractivity contribution in [1.29, 1.82) is 0 Å². The fourth-order valence-electron chi connectivity index (χ4n) is 1.65. The molecule has 0 saturated carbocycles. The van der Waals surface area contributed by atoms with E-state index in [1.54, 1.807) is 0 Å². The normalized spacial score (nSPS) is 12.5. The van der Waals surface area contributed by atoms with Crippen molar-refractivity contribution in [1.82, 2.24) is 5.32 Å². The Balaban J connectivity index is 2.96. The molecule has 1 atom stereocenters. The molecule has 0 saturated heterocycles. The van der Waals surface area contributed by atoms with E-state index in [0.717, 1.165) is 17.7 Å². The van der Waals surface area contributed by atoms with Gasteiger partial charge in [0.15, 0.2) is 5.78 Å². The Hall–Kier alpha value is -1.15. The van der Waals surface area contributed by atoms with Crippen LogP contribution in [0.4, 0.5) is 0 Å². The van der Waals surface area contributed by atoms with Crippen molar-refractivity contribution in [3.05, 3.63) is 34.9 Å². The highest BCUT2D eigenvalue weighted by Crippen LogP contribution is 2.14.